The Kier molecular flexibility index (Phi) is 5.03. The molecular formula is C12H16F2N2O. The number of hydrogen-bond donors (Lipinski definition) is 2. The van der Waals surface area contributed by atoms with E-state index in [0.717, 1.165) is 0 Å². The Morgan fingerprint density at radius 2 is 2.00 bits per heavy atom. The van der Waals surface area contributed by atoms with Crippen LogP contribution < -0.4 is 11.1 Å². The maximum absolute atomic E-state index is 13.4. The summed E-state index contributed by atoms with van der Waals surface area (Å²) in [6.45, 7) is 2.30. The molecule has 1 aromatic carbocycles. The van der Waals surface area contributed by atoms with E-state index in [1.165, 1.54) is 18.2 Å². The molecule has 1 aromatic rings. The molecule has 1 unspecified atom stereocenters. The van der Waals surface area contributed by atoms with Gasteiger partial charge in [0.1, 0.15) is 11.6 Å². The van der Waals surface area contributed by atoms with Crippen molar-refractivity contribution in [1.82, 2.24) is 5.32 Å². The molecule has 0 radical (unpaired) electrons. The summed E-state index contributed by atoms with van der Waals surface area (Å²) >= 11 is 0. The van der Waals surface area contributed by atoms with Crippen molar-refractivity contribution in [2.75, 3.05) is 13.1 Å². The fourth-order valence-electron chi connectivity index (χ4n) is 1.58. The summed E-state index contributed by atoms with van der Waals surface area (Å²) in [7, 11) is 0. The van der Waals surface area contributed by atoms with Crippen molar-refractivity contribution in [3.8, 4) is 0 Å². The predicted molar refractivity (Wildman–Crippen MR) is 61.3 cm³/mol. The highest BCUT2D eigenvalue weighted by Crippen LogP contribution is 2.16. The van der Waals surface area contributed by atoms with Gasteiger partial charge in [0.25, 0.3) is 0 Å². The Balaban J connectivity index is 2.84. The van der Waals surface area contributed by atoms with Gasteiger partial charge in [-0.2, -0.15) is 0 Å². The Hall–Kier alpha value is -1.49. The van der Waals surface area contributed by atoms with E-state index < -0.39 is 17.6 Å². The Morgan fingerprint density at radius 3 is 2.47 bits per heavy atom. The van der Waals surface area contributed by atoms with E-state index in [2.05, 4.69) is 5.32 Å². The van der Waals surface area contributed by atoms with E-state index in [1.807, 2.05) is 0 Å². The summed E-state index contributed by atoms with van der Waals surface area (Å²) in [6.07, 6.45) is -0.0269. The minimum Gasteiger partial charge on any atom is -0.356 e. The lowest BCUT2D eigenvalue weighted by atomic mass is 9.97. The number of hydrogen-bond acceptors (Lipinski definition) is 2. The standard InChI is InChI=1S/C12H16F2N2O/c1-2-16-12(17)8(7-15)6-9-10(13)4-3-5-11(9)14/h3-5,8H,2,6-7,15H2,1H3,(H,16,17). The lowest BCUT2D eigenvalue weighted by molar-refractivity contribution is -0.124. The zero-order valence-electron chi connectivity index (χ0n) is 9.67. The quantitative estimate of drug-likeness (QED) is 0.815. The number of benzene rings is 1. The molecule has 3 N–H and O–H groups in total. The van der Waals surface area contributed by atoms with E-state index in [-0.39, 0.29) is 24.4 Å². The third-order valence-electron chi connectivity index (χ3n) is 2.52. The maximum atomic E-state index is 13.4. The second-order valence-electron chi connectivity index (χ2n) is 3.73. The lowest BCUT2D eigenvalue weighted by Crippen LogP contribution is -2.36. The van der Waals surface area contributed by atoms with Crippen molar-refractivity contribution in [3.05, 3.63) is 35.4 Å². The Bertz CT molecular complexity index is 376. The van der Waals surface area contributed by atoms with Crippen molar-refractivity contribution in [3.63, 3.8) is 0 Å². The molecule has 0 aliphatic heterocycles. The van der Waals surface area contributed by atoms with Crippen LogP contribution in [0.5, 0.6) is 0 Å². The molecule has 1 rings (SSSR count). The molecule has 0 fully saturated rings. The van der Waals surface area contributed by atoms with Crippen LogP contribution in [0.2, 0.25) is 0 Å². The zero-order valence-corrected chi connectivity index (χ0v) is 9.67. The first-order valence-electron chi connectivity index (χ1n) is 5.50. The molecule has 0 heterocycles. The molecule has 0 bridgehead atoms. The van der Waals surface area contributed by atoms with Crippen LogP contribution in [0.3, 0.4) is 0 Å². The fraction of sp³-hybridized carbons (Fsp3) is 0.417. The molecule has 0 aromatic heterocycles. The van der Waals surface area contributed by atoms with Crippen LogP contribution in [0.25, 0.3) is 0 Å². The normalized spacial score (nSPS) is 12.2. The van der Waals surface area contributed by atoms with E-state index in [4.69, 9.17) is 5.73 Å². The zero-order chi connectivity index (χ0) is 12.8. The minimum absolute atomic E-state index is 0.0269. The second-order valence-corrected chi connectivity index (χ2v) is 3.73. The molecule has 17 heavy (non-hydrogen) atoms. The average molecular weight is 242 g/mol. The first kappa shape index (κ1) is 13.6. The first-order valence-corrected chi connectivity index (χ1v) is 5.50. The van der Waals surface area contributed by atoms with Crippen molar-refractivity contribution >= 4 is 5.91 Å². The van der Waals surface area contributed by atoms with Crippen LogP contribution in [-0.4, -0.2) is 19.0 Å². The number of amides is 1. The summed E-state index contributed by atoms with van der Waals surface area (Å²) in [5, 5.41) is 2.59. The Morgan fingerprint density at radius 1 is 1.41 bits per heavy atom. The third-order valence-corrected chi connectivity index (χ3v) is 2.52. The van der Waals surface area contributed by atoms with Gasteiger partial charge in [0.05, 0.1) is 5.92 Å². The van der Waals surface area contributed by atoms with Gasteiger partial charge in [0.2, 0.25) is 5.91 Å². The summed E-state index contributed by atoms with van der Waals surface area (Å²) in [4.78, 5) is 11.6. The number of nitrogens with two attached hydrogens (primary N) is 1. The minimum atomic E-state index is -0.646. The van der Waals surface area contributed by atoms with Crippen LogP contribution in [0.1, 0.15) is 12.5 Å². The largest absolute Gasteiger partial charge is 0.356 e. The molecule has 0 saturated carbocycles. The molecule has 5 heteroatoms. The van der Waals surface area contributed by atoms with E-state index in [9.17, 15) is 13.6 Å². The van der Waals surface area contributed by atoms with Crippen molar-refractivity contribution in [1.29, 1.82) is 0 Å². The molecular weight excluding hydrogens is 226 g/mol. The van der Waals surface area contributed by atoms with Gasteiger partial charge < -0.3 is 11.1 Å². The van der Waals surface area contributed by atoms with Crippen molar-refractivity contribution < 1.29 is 13.6 Å². The van der Waals surface area contributed by atoms with Crippen LogP contribution in [-0.2, 0) is 11.2 Å². The second kappa shape index (κ2) is 6.30. The molecule has 0 aliphatic rings. The van der Waals surface area contributed by atoms with Gasteiger partial charge in [-0.05, 0) is 25.5 Å². The van der Waals surface area contributed by atoms with Gasteiger partial charge in [0.15, 0.2) is 0 Å². The highest BCUT2D eigenvalue weighted by molar-refractivity contribution is 5.79. The summed E-state index contributed by atoms with van der Waals surface area (Å²) in [6, 6.07) is 3.63. The van der Waals surface area contributed by atoms with Gasteiger partial charge >= 0.3 is 0 Å². The smallest absolute Gasteiger partial charge is 0.224 e. The number of halogens is 2. The molecule has 1 atom stereocenters. The van der Waals surface area contributed by atoms with Crippen molar-refractivity contribution in [2.24, 2.45) is 11.7 Å². The lowest BCUT2D eigenvalue weighted by Gasteiger charge is -2.15. The van der Waals surface area contributed by atoms with Crippen LogP contribution in [0, 0.1) is 17.6 Å². The van der Waals surface area contributed by atoms with Crippen LogP contribution >= 0.6 is 0 Å². The van der Waals surface area contributed by atoms with E-state index >= 15 is 0 Å². The predicted octanol–water partition coefficient (Wildman–Crippen LogP) is 1.22. The van der Waals surface area contributed by atoms with Gasteiger partial charge in [-0.25, -0.2) is 8.78 Å². The highest BCUT2D eigenvalue weighted by atomic mass is 19.1. The monoisotopic (exact) mass is 242 g/mol. The summed E-state index contributed by atoms with van der Waals surface area (Å²) in [5.74, 6) is -2.18. The number of carbonyl (C=O) groups excluding carboxylic acids is 1. The molecule has 0 aliphatic carbocycles. The van der Waals surface area contributed by atoms with E-state index in [0.29, 0.717) is 6.54 Å². The molecule has 0 spiro atoms. The van der Waals surface area contributed by atoms with Crippen LogP contribution in [0.15, 0.2) is 18.2 Å². The van der Waals surface area contributed by atoms with Gasteiger partial charge in [-0.1, -0.05) is 6.07 Å². The average Bonchev–Trinajstić information content (AvgIpc) is 2.29. The van der Waals surface area contributed by atoms with Crippen LogP contribution in [0.4, 0.5) is 8.78 Å². The fourth-order valence-corrected chi connectivity index (χ4v) is 1.58. The number of carbonyl (C=O) groups is 1. The topological polar surface area (TPSA) is 55.1 Å². The summed E-state index contributed by atoms with van der Waals surface area (Å²) < 4.78 is 26.8. The molecule has 0 saturated heterocycles. The van der Waals surface area contributed by atoms with E-state index in [1.54, 1.807) is 6.92 Å². The van der Waals surface area contributed by atoms with Gasteiger partial charge in [0, 0.05) is 18.7 Å². The maximum Gasteiger partial charge on any atom is 0.224 e. The highest BCUT2D eigenvalue weighted by Gasteiger charge is 2.20. The number of nitrogens with one attached hydrogen (secondary N) is 1. The third kappa shape index (κ3) is 3.49. The van der Waals surface area contributed by atoms with Gasteiger partial charge in [-0.3, -0.25) is 4.79 Å². The SMILES string of the molecule is CCNC(=O)C(CN)Cc1c(F)cccc1F. The van der Waals surface area contributed by atoms with Gasteiger partial charge in [-0.15, -0.1) is 0 Å². The molecule has 1 amide bonds. The first-order chi connectivity index (χ1) is 8.10. The molecule has 94 valence electrons. The summed E-state index contributed by atoms with van der Waals surface area (Å²) in [5.41, 5.74) is 5.36. The number of rotatable bonds is 5. The van der Waals surface area contributed by atoms with Crippen molar-refractivity contribution in [2.45, 2.75) is 13.3 Å². The Labute approximate surface area is 99.0 Å². The molecule has 3 nitrogen and oxygen atoms in total.